The zero-order valence-corrected chi connectivity index (χ0v) is 14.8. The van der Waals surface area contributed by atoms with Crippen LogP contribution in [0.4, 0.5) is 0 Å². The van der Waals surface area contributed by atoms with Crippen LogP contribution >= 0.6 is 15.9 Å². The Labute approximate surface area is 141 Å². The lowest BCUT2D eigenvalue weighted by Gasteiger charge is -2.09. The quantitative estimate of drug-likeness (QED) is 0.603. The molecule has 2 aromatic heterocycles. The van der Waals surface area contributed by atoms with Crippen LogP contribution in [-0.2, 0) is 4.74 Å². The number of carbonyl (C=O) groups excluding carboxylic acids is 2. The van der Waals surface area contributed by atoms with E-state index in [2.05, 4.69) is 20.9 Å². The average molecular weight is 375 g/mol. The molecule has 6 heteroatoms. The Hall–Kier alpha value is -2.21. The van der Waals surface area contributed by atoms with Gasteiger partial charge in [-0.3, -0.25) is 9.36 Å². The summed E-state index contributed by atoms with van der Waals surface area (Å²) in [6.07, 6.45) is 1.73. The Bertz CT molecular complexity index is 989. The van der Waals surface area contributed by atoms with Crippen molar-refractivity contribution < 1.29 is 14.3 Å². The smallest absolute Gasteiger partial charge is 0.338 e. The van der Waals surface area contributed by atoms with Gasteiger partial charge in [0.1, 0.15) is 5.65 Å². The molecule has 0 spiro atoms. The van der Waals surface area contributed by atoms with Gasteiger partial charge >= 0.3 is 5.97 Å². The van der Waals surface area contributed by atoms with Crippen molar-refractivity contribution in [2.45, 2.75) is 20.8 Å². The monoisotopic (exact) mass is 374 g/mol. The van der Waals surface area contributed by atoms with E-state index in [9.17, 15) is 9.59 Å². The van der Waals surface area contributed by atoms with E-state index in [0.717, 1.165) is 20.8 Å². The summed E-state index contributed by atoms with van der Waals surface area (Å²) in [5, 5.41) is 1.75. The lowest BCUT2D eigenvalue weighted by Crippen LogP contribution is -2.10. The van der Waals surface area contributed by atoms with Crippen LogP contribution in [0.15, 0.2) is 22.8 Å². The van der Waals surface area contributed by atoms with Gasteiger partial charge in [-0.1, -0.05) is 15.9 Å². The number of ether oxygens (including phenoxy) is 1. The zero-order chi connectivity index (χ0) is 16.9. The lowest BCUT2D eigenvalue weighted by molar-refractivity contribution is 0.0599. The summed E-state index contributed by atoms with van der Waals surface area (Å²) >= 11 is 3.53. The molecule has 3 aromatic rings. The number of hydrogen-bond donors (Lipinski definition) is 0. The van der Waals surface area contributed by atoms with Gasteiger partial charge in [-0.2, -0.15) is 0 Å². The minimum atomic E-state index is -0.436. The molecule has 118 valence electrons. The zero-order valence-electron chi connectivity index (χ0n) is 13.2. The van der Waals surface area contributed by atoms with Crippen molar-refractivity contribution in [3.05, 3.63) is 39.5 Å². The summed E-state index contributed by atoms with van der Waals surface area (Å²) < 4.78 is 7.13. The highest BCUT2D eigenvalue weighted by Gasteiger charge is 2.23. The van der Waals surface area contributed by atoms with E-state index in [1.807, 2.05) is 19.9 Å². The maximum absolute atomic E-state index is 12.2. The molecule has 0 atom stereocenters. The second kappa shape index (κ2) is 5.45. The molecule has 5 nitrogen and oxygen atoms in total. The fourth-order valence-electron chi connectivity index (χ4n) is 2.93. The van der Waals surface area contributed by atoms with Crippen LogP contribution in [0.25, 0.3) is 21.9 Å². The molecule has 0 saturated heterocycles. The molecule has 0 unspecified atom stereocenters. The van der Waals surface area contributed by atoms with Gasteiger partial charge in [-0.25, -0.2) is 9.78 Å². The maximum Gasteiger partial charge on any atom is 0.338 e. The van der Waals surface area contributed by atoms with Crippen molar-refractivity contribution in [3.8, 4) is 0 Å². The number of aromatic nitrogens is 2. The first-order valence-corrected chi connectivity index (χ1v) is 7.85. The Morgan fingerprint density at radius 1 is 1.26 bits per heavy atom. The number of nitrogens with zero attached hydrogens (tertiary/aromatic N) is 2. The standard InChI is InChI=1S/C17H15BrN2O3/c1-8-5-12-14-13(18)6-11(17(22)23-4)9(2)15(14)20(10(3)21)16(12)19-7-8/h5-7H,1-4H3. The Balaban J connectivity index is 2.61. The van der Waals surface area contributed by atoms with Gasteiger partial charge in [0.25, 0.3) is 0 Å². The SMILES string of the molecule is COC(=O)c1cc(Br)c2c3cc(C)cnc3n(C(C)=O)c2c1C. The van der Waals surface area contributed by atoms with Crippen molar-refractivity contribution in [3.63, 3.8) is 0 Å². The normalized spacial score (nSPS) is 11.2. The molecule has 0 aliphatic carbocycles. The van der Waals surface area contributed by atoms with E-state index in [-0.39, 0.29) is 5.91 Å². The molecule has 0 radical (unpaired) electrons. The molecule has 2 heterocycles. The first-order chi connectivity index (χ1) is 10.9. The summed E-state index contributed by atoms with van der Waals surface area (Å²) in [5.74, 6) is -0.590. The predicted octanol–water partition coefficient (Wildman–Crippen LogP) is 4.02. The van der Waals surface area contributed by atoms with Gasteiger partial charge < -0.3 is 4.74 Å². The highest BCUT2D eigenvalue weighted by molar-refractivity contribution is 9.10. The molecule has 0 fully saturated rings. The molecular weight excluding hydrogens is 360 g/mol. The molecule has 23 heavy (non-hydrogen) atoms. The van der Waals surface area contributed by atoms with E-state index in [0.29, 0.717) is 22.3 Å². The van der Waals surface area contributed by atoms with Gasteiger partial charge in [0.2, 0.25) is 5.91 Å². The molecule has 0 aliphatic rings. The molecule has 3 rings (SSSR count). The number of carbonyl (C=O) groups is 2. The third-order valence-electron chi connectivity index (χ3n) is 3.93. The topological polar surface area (TPSA) is 61.2 Å². The van der Waals surface area contributed by atoms with Crippen LogP contribution in [0.1, 0.15) is 33.2 Å². The minimum Gasteiger partial charge on any atom is -0.465 e. The van der Waals surface area contributed by atoms with E-state index >= 15 is 0 Å². The van der Waals surface area contributed by atoms with E-state index in [4.69, 9.17) is 4.74 Å². The minimum absolute atomic E-state index is 0.154. The summed E-state index contributed by atoms with van der Waals surface area (Å²) in [4.78, 5) is 28.7. The number of aryl methyl sites for hydroxylation is 2. The Morgan fingerprint density at radius 2 is 1.96 bits per heavy atom. The molecule has 0 aliphatic heterocycles. The Kier molecular flexibility index (Phi) is 3.72. The number of esters is 1. The second-order valence-electron chi connectivity index (χ2n) is 5.48. The van der Waals surface area contributed by atoms with E-state index in [1.165, 1.54) is 14.0 Å². The van der Waals surface area contributed by atoms with Crippen molar-refractivity contribution in [1.29, 1.82) is 0 Å². The lowest BCUT2D eigenvalue weighted by atomic mass is 10.0. The maximum atomic E-state index is 12.2. The van der Waals surface area contributed by atoms with Crippen molar-refractivity contribution in [1.82, 2.24) is 9.55 Å². The van der Waals surface area contributed by atoms with Gasteiger partial charge in [0.15, 0.2) is 0 Å². The third kappa shape index (κ3) is 2.25. The van der Waals surface area contributed by atoms with Crippen LogP contribution in [0, 0.1) is 13.8 Å². The number of benzene rings is 1. The number of halogens is 1. The van der Waals surface area contributed by atoms with Crippen molar-refractivity contribution in [2.75, 3.05) is 7.11 Å². The van der Waals surface area contributed by atoms with Crippen molar-refractivity contribution in [2.24, 2.45) is 0 Å². The first kappa shape index (κ1) is 15.7. The van der Waals surface area contributed by atoms with Crippen LogP contribution in [0.2, 0.25) is 0 Å². The van der Waals surface area contributed by atoms with Gasteiger partial charge in [-0.05, 0) is 37.1 Å². The molecule has 0 amide bonds. The van der Waals surface area contributed by atoms with Crippen molar-refractivity contribution >= 4 is 49.7 Å². The average Bonchev–Trinajstić information content (AvgIpc) is 2.85. The number of hydrogen-bond acceptors (Lipinski definition) is 4. The summed E-state index contributed by atoms with van der Waals surface area (Å²) in [6, 6.07) is 3.72. The number of rotatable bonds is 1. The fourth-order valence-corrected chi connectivity index (χ4v) is 3.56. The molecule has 1 aromatic carbocycles. The highest BCUT2D eigenvalue weighted by Crippen LogP contribution is 2.37. The van der Waals surface area contributed by atoms with Gasteiger partial charge in [0.05, 0.1) is 18.2 Å². The van der Waals surface area contributed by atoms with Crippen LogP contribution in [-0.4, -0.2) is 28.5 Å². The predicted molar refractivity (Wildman–Crippen MR) is 92.1 cm³/mol. The third-order valence-corrected chi connectivity index (χ3v) is 4.56. The molecule has 0 N–H and O–H groups in total. The number of fused-ring (bicyclic) bond motifs is 3. The van der Waals surface area contributed by atoms with Gasteiger partial charge in [-0.15, -0.1) is 0 Å². The summed E-state index contributed by atoms with van der Waals surface area (Å²) in [7, 11) is 1.34. The molecule has 0 bridgehead atoms. The largest absolute Gasteiger partial charge is 0.465 e. The van der Waals surface area contributed by atoms with E-state index in [1.54, 1.807) is 16.8 Å². The number of pyridine rings is 1. The van der Waals surface area contributed by atoms with Crippen LogP contribution < -0.4 is 0 Å². The first-order valence-electron chi connectivity index (χ1n) is 7.06. The van der Waals surface area contributed by atoms with E-state index < -0.39 is 5.97 Å². The van der Waals surface area contributed by atoms with Gasteiger partial charge in [0, 0.05) is 28.4 Å². The van der Waals surface area contributed by atoms with Crippen LogP contribution in [0.3, 0.4) is 0 Å². The number of methoxy groups -OCH3 is 1. The molecular formula is C17H15BrN2O3. The highest BCUT2D eigenvalue weighted by atomic mass is 79.9. The molecule has 0 saturated carbocycles. The summed E-state index contributed by atoms with van der Waals surface area (Å²) in [5.41, 5.74) is 3.39. The fraction of sp³-hybridized carbons (Fsp3) is 0.235. The second-order valence-corrected chi connectivity index (χ2v) is 6.34. The van der Waals surface area contributed by atoms with Crippen LogP contribution in [0.5, 0.6) is 0 Å². The Morgan fingerprint density at radius 3 is 2.57 bits per heavy atom. The summed E-state index contributed by atoms with van der Waals surface area (Å²) in [6.45, 7) is 5.25.